The van der Waals surface area contributed by atoms with Crippen LogP contribution in [0.3, 0.4) is 0 Å². The standard InChI is InChI=1S/C25H32N4O4/c1-17(2)33-24(32)27-15-25(16-27)18-8-3-4-10-20(18)29(23(25)31)14-22-26-19-9-7-11-21(19)28(22)12-5-6-13-30/h3-4,8,10,17,30H,5-7,9,11-16H2,1-2H3. The zero-order valence-corrected chi connectivity index (χ0v) is 19.4. The third-order valence-corrected chi connectivity index (χ3v) is 7.03. The van der Waals surface area contributed by atoms with Crippen molar-refractivity contribution >= 4 is 17.7 Å². The average Bonchev–Trinajstić information content (AvgIpc) is 3.39. The molecule has 0 saturated carbocycles. The molecule has 2 aliphatic heterocycles. The largest absolute Gasteiger partial charge is 0.447 e. The molecule has 5 rings (SSSR count). The van der Waals surface area contributed by atoms with Crippen molar-refractivity contribution in [3.63, 3.8) is 0 Å². The van der Waals surface area contributed by atoms with Gasteiger partial charge in [-0.05, 0) is 57.6 Å². The molecular weight excluding hydrogens is 420 g/mol. The van der Waals surface area contributed by atoms with E-state index in [4.69, 9.17) is 9.72 Å². The topological polar surface area (TPSA) is 87.9 Å². The summed E-state index contributed by atoms with van der Waals surface area (Å²) in [5.74, 6) is 0.940. The van der Waals surface area contributed by atoms with Gasteiger partial charge in [0.2, 0.25) is 5.91 Å². The first-order chi connectivity index (χ1) is 15.9. The summed E-state index contributed by atoms with van der Waals surface area (Å²) in [4.78, 5) is 34.5. The van der Waals surface area contributed by atoms with Crippen LogP contribution in [0, 0.1) is 0 Å². The highest BCUT2D eigenvalue weighted by molar-refractivity contribution is 6.09. The van der Waals surface area contributed by atoms with E-state index in [1.807, 2.05) is 43.0 Å². The molecule has 1 aromatic carbocycles. The molecule has 0 unspecified atom stereocenters. The first-order valence-corrected chi connectivity index (χ1v) is 12.0. The number of carbonyl (C=O) groups is 2. The van der Waals surface area contributed by atoms with Crippen LogP contribution in [-0.4, -0.2) is 57.4 Å². The van der Waals surface area contributed by atoms with Crippen LogP contribution in [0.5, 0.6) is 0 Å². The minimum absolute atomic E-state index is 0.0300. The van der Waals surface area contributed by atoms with Crippen molar-refractivity contribution < 1.29 is 19.4 Å². The van der Waals surface area contributed by atoms with Crippen molar-refractivity contribution in [2.45, 2.75) is 70.6 Å². The number of hydrogen-bond donors (Lipinski definition) is 1. The van der Waals surface area contributed by atoms with Gasteiger partial charge >= 0.3 is 6.09 Å². The minimum atomic E-state index is -0.705. The first kappa shape index (κ1) is 21.9. The van der Waals surface area contributed by atoms with Gasteiger partial charge in [0.05, 0.1) is 18.3 Å². The molecular formula is C25H32N4O4. The van der Waals surface area contributed by atoms with E-state index < -0.39 is 5.41 Å². The van der Waals surface area contributed by atoms with Crippen LogP contribution in [0.4, 0.5) is 10.5 Å². The predicted octanol–water partition coefficient (Wildman–Crippen LogP) is 2.79. The summed E-state index contributed by atoms with van der Waals surface area (Å²) < 4.78 is 7.60. The number of anilines is 1. The van der Waals surface area contributed by atoms with Crippen molar-refractivity contribution in [1.29, 1.82) is 0 Å². The lowest BCUT2D eigenvalue weighted by molar-refractivity contribution is -0.128. The number of nitrogens with zero attached hydrogens (tertiary/aromatic N) is 4. The van der Waals surface area contributed by atoms with Gasteiger partial charge in [-0.15, -0.1) is 0 Å². The number of benzene rings is 1. The average molecular weight is 453 g/mol. The fraction of sp³-hybridized carbons (Fsp3) is 0.560. The molecule has 8 heteroatoms. The molecule has 1 aromatic heterocycles. The third kappa shape index (κ3) is 3.60. The molecule has 2 amide bonds. The lowest BCUT2D eigenvalue weighted by Gasteiger charge is -2.46. The molecule has 1 spiro atoms. The number of aliphatic hydroxyl groups excluding tert-OH is 1. The van der Waals surface area contributed by atoms with Gasteiger partial charge in [0.25, 0.3) is 0 Å². The number of amides is 2. The van der Waals surface area contributed by atoms with E-state index in [0.717, 1.165) is 61.4 Å². The summed E-state index contributed by atoms with van der Waals surface area (Å²) in [7, 11) is 0. The van der Waals surface area contributed by atoms with Crippen LogP contribution in [0.15, 0.2) is 24.3 Å². The summed E-state index contributed by atoms with van der Waals surface area (Å²) in [5.41, 5.74) is 3.61. The van der Waals surface area contributed by atoms with E-state index in [9.17, 15) is 14.7 Å². The molecule has 1 aliphatic carbocycles. The molecule has 3 aliphatic rings. The number of likely N-dealkylation sites (tertiary alicyclic amines) is 1. The Kier molecular flexibility index (Phi) is 5.64. The fourth-order valence-electron chi connectivity index (χ4n) is 5.47. The Bertz CT molecular complexity index is 1070. The number of aliphatic hydroxyl groups is 1. The highest BCUT2D eigenvalue weighted by Gasteiger charge is 2.59. The maximum Gasteiger partial charge on any atom is 0.410 e. The van der Waals surface area contributed by atoms with E-state index in [2.05, 4.69) is 4.57 Å². The number of para-hydroxylation sites is 1. The molecule has 1 fully saturated rings. The third-order valence-electron chi connectivity index (χ3n) is 7.03. The monoisotopic (exact) mass is 452 g/mol. The molecule has 0 bridgehead atoms. The van der Waals surface area contributed by atoms with Gasteiger partial charge in [0.15, 0.2) is 0 Å². The molecule has 8 nitrogen and oxygen atoms in total. The Hall–Kier alpha value is -2.87. The van der Waals surface area contributed by atoms with Gasteiger partial charge in [-0.3, -0.25) is 4.79 Å². The second-order valence-electron chi connectivity index (χ2n) is 9.64. The molecule has 2 aromatic rings. The van der Waals surface area contributed by atoms with Crippen LogP contribution in [0.2, 0.25) is 0 Å². The Morgan fingerprint density at radius 3 is 2.76 bits per heavy atom. The number of ether oxygens (including phenoxy) is 1. The lowest BCUT2D eigenvalue weighted by Crippen LogP contribution is -2.65. The smallest absolute Gasteiger partial charge is 0.410 e. The highest BCUT2D eigenvalue weighted by Crippen LogP contribution is 2.48. The SMILES string of the molecule is CC(C)OC(=O)N1CC2(C1)C(=O)N(Cc1nc3c(n1CCCCO)CCC3)c1ccccc12. The highest BCUT2D eigenvalue weighted by atomic mass is 16.6. The number of aromatic nitrogens is 2. The molecule has 176 valence electrons. The number of imidazole rings is 1. The summed E-state index contributed by atoms with van der Waals surface area (Å²) in [6, 6.07) is 7.90. The lowest BCUT2D eigenvalue weighted by atomic mass is 9.75. The van der Waals surface area contributed by atoms with E-state index in [-0.39, 0.29) is 24.7 Å². The van der Waals surface area contributed by atoms with Crippen LogP contribution in [0.25, 0.3) is 0 Å². The second kappa shape index (κ2) is 8.48. The van der Waals surface area contributed by atoms with Gasteiger partial charge < -0.3 is 24.2 Å². The predicted molar refractivity (Wildman–Crippen MR) is 123 cm³/mol. The van der Waals surface area contributed by atoms with E-state index in [1.54, 1.807) is 4.90 Å². The summed E-state index contributed by atoms with van der Waals surface area (Å²) in [6.45, 7) is 5.74. The maximum absolute atomic E-state index is 13.8. The van der Waals surface area contributed by atoms with Gasteiger partial charge in [0, 0.05) is 37.6 Å². The van der Waals surface area contributed by atoms with Gasteiger partial charge in [-0.25, -0.2) is 9.78 Å². The quantitative estimate of drug-likeness (QED) is 0.653. The van der Waals surface area contributed by atoms with E-state index in [0.29, 0.717) is 19.6 Å². The van der Waals surface area contributed by atoms with Gasteiger partial charge in [0.1, 0.15) is 11.2 Å². The number of rotatable bonds is 7. The van der Waals surface area contributed by atoms with Crippen LogP contribution in [0.1, 0.15) is 55.9 Å². The molecule has 1 saturated heterocycles. The van der Waals surface area contributed by atoms with Gasteiger partial charge in [-0.1, -0.05) is 18.2 Å². The maximum atomic E-state index is 13.8. The molecule has 0 atom stereocenters. The summed E-state index contributed by atoms with van der Waals surface area (Å²) in [5, 5.41) is 9.22. The van der Waals surface area contributed by atoms with Crippen molar-refractivity contribution in [3.05, 3.63) is 47.0 Å². The fourth-order valence-corrected chi connectivity index (χ4v) is 5.47. The molecule has 1 N–H and O–H groups in total. The number of unbranched alkanes of at least 4 members (excludes halogenated alkanes) is 1. The number of fused-ring (bicyclic) bond motifs is 3. The molecule has 3 heterocycles. The molecule has 33 heavy (non-hydrogen) atoms. The first-order valence-electron chi connectivity index (χ1n) is 12.0. The second-order valence-corrected chi connectivity index (χ2v) is 9.64. The Morgan fingerprint density at radius 2 is 2.00 bits per heavy atom. The summed E-state index contributed by atoms with van der Waals surface area (Å²) >= 11 is 0. The number of carbonyl (C=O) groups excluding carboxylic acids is 2. The van der Waals surface area contributed by atoms with Crippen LogP contribution >= 0.6 is 0 Å². The van der Waals surface area contributed by atoms with Crippen molar-refractivity contribution in [2.24, 2.45) is 0 Å². The minimum Gasteiger partial charge on any atom is -0.447 e. The van der Waals surface area contributed by atoms with Crippen LogP contribution < -0.4 is 4.90 Å². The zero-order chi connectivity index (χ0) is 23.2. The number of hydrogen-bond acceptors (Lipinski definition) is 5. The Labute approximate surface area is 194 Å². The van der Waals surface area contributed by atoms with E-state index >= 15 is 0 Å². The Balaban J connectivity index is 1.41. The molecule has 0 radical (unpaired) electrons. The van der Waals surface area contributed by atoms with Gasteiger partial charge in [-0.2, -0.15) is 0 Å². The zero-order valence-electron chi connectivity index (χ0n) is 19.4. The van der Waals surface area contributed by atoms with Crippen molar-refractivity contribution in [3.8, 4) is 0 Å². The van der Waals surface area contributed by atoms with Crippen molar-refractivity contribution in [1.82, 2.24) is 14.5 Å². The normalized spacial score (nSPS) is 18.1. The van der Waals surface area contributed by atoms with Crippen LogP contribution in [-0.2, 0) is 40.9 Å². The Morgan fingerprint density at radius 1 is 1.21 bits per heavy atom. The van der Waals surface area contributed by atoms with E-state index in [1.165, 1.54) is 5.69 Å². The number of aryl methyl sites for hydroxylation is 1. The van der Waals surface area contributed by atoms with Crippen molar-refractivity contribution in [2.75, 3.05) is 24.6 Å². The summed E-state index contributed by atoms with van der Waals surface area (Å²) in [6.07, 6.45) is 4.20.